The van der Waals surface area contributed by atoms with Gasteiger partial charge in [-0.1, -0.05) is 6.92 Å². The zero-order chi connectivity index (χ0) is 14.8. The van der Waals surface area contributed by atoms with Crippen LogP contribution in [-0.4, -0.2) is 43.8 Å². The van der Waals surface area contributed by atoms with Crippen molar-refractivity contribution in [2.24, 2.45) is 5.92 Å². The van der Waals surface area contributed by atoms with Gasteiger partial charge in [-0.3, -0.25) is 9.69 Å². The van der Waals surface area contributed by atoms with Crippen LogP contribution in [0, 0.1) is 5.92 Å². The molecular weight excluding hydrogens is 270 g/mol. The molecule has 5 heteroatoms. The fraction of sp³-hybridized carbons (Fsp3) is 0.688. The van der Waals surface area contributed by atoms with Crippen LogP contribution in [0.15, 0.2) is 16.5 Å². The second-order valence-corrected chi connectivity index (χ2v) is 6.13. The van der Waals surface area contributed by atoms with Crippen molar-refractivity contribution < 1.29 is 18.7 Å². The van der Waals surface area contributed by atoms with E-state index < -0.39 is 0 Å². The minimum absolute atomic E-state index is 0.0795. The van der Waals surface area contributed by atoms with E-state index in [0.717, 1.165) is 37.1 Å². The lowest BCUT2D eigenvalue weighted by Crippen LogP contribution is -2.42. The number of nitrogens with zero attached hydrogens (tertiary/aromatic N) is 1. The maximum atomic E-state index is 11.3. The Bertz CT molecular complexity index is 498. The topological polar surface area (TPSA) is 51.9 Å². The molecule has 21 heavy (non-hydrogen) atoms. The predicted octanol–water partition coefficient (Wildman–Crippen LogP) is 2.17. The third-order valence-corrected chi connectivity index (χ3v) is 4.38. The highest BCUT2D eigenvalue weighted by molar-refractivity contribution is 5.69. The summed E-state index contributed by atoms with van der Waals surface area (Å²) in [7, 11) is 1.41. The first-order chi connectivity index (χ1) is 10.2. The first-order valence-electron chi connectivity index (χ1n) is 7.65. The van der Waals surface area contributed by atoms with Crippen molar-refractivity contribution in [1.29, 1.82) is 0 Å². The van der Waals surface area contributed by atoms with Crippen LogP contribution < -0.4 is 0 Å². The fourth-order valence-electron chi connectivity index (χ4n) is 2.93. The van der Waals surface area contributed by atoms with E-state index in [4.69, 9.17) is 13.9 Å². The Balaban J connectivity index is 1.52. The monoisotopic (exact) mass is 293 g/mol. The number of ether oxygens (including phenoxy) is 2. The highest BCUT2D eigenvalue weighted by Gasteiger charge is 2.36. The zero-order valence-corrected chi connectivity index (χ0v) is 12.7. The van der Waals surface area contributed by atoms with Gasteiger partial charge in [0.05, 0.1) is 32.8 Å². The number of rotatable bonds is 5. The van der Waals surface area contributed by atoms with Gasteiger partial charge in [0, 0.05) is 19.0 Å². The van der Waals surface area contributed by atoms with Crippen LogP contribution in [-0.2, 0) is 20.8 Å². The average Bonchev–Trinajstić information content (AvgIpc) is 3.02. The molecule has 2 aliphatic rings. The van der Waals surface area contributed by atoms with Crippen molar-refractivity contribution >= 4 is 5.97 Å². The summed E-state index contributed by atoms with van der Waals surface area (Å²) in [6.07, 6.45) is 1.48. The van der Waals surface area contributed by atoms with Crippen molar-refractivity contribution in [2.75, 3.05) is 26.8 Å². The molecular formula is C16H23NO4. The highest BCUT2D eigenvalue weighted by atomic mass is 16.5. The predicted molar refractivity (Wildman–Crippen MR) is 76.9 cm³/mol. The molecule has 2 heterocycles. The summed E-state index contributed by atoms with van der Waals surface area (Å²) in [4.78, 5) is 13.6. The van der Waals surface area contributed by atoms with Gasteiger partial charge in [-0.15, -0.1) is 0 Å². The second kappa shape index (κ2) is 6.20. The maximum absolute atomic E-state index is 11.3. The van der Waals surface area contributed by atoms with Gasteiger partial charge in [-0.2, -0.15) is 0 Å². The SMILES string of the molecule is COC(=O)C[C@@H]1CN(Cc2ccc([C@H]3C[C@@H]3C)o2)CCO1. The molecule has 0 amide bonds. The largest absolute Gasteiger partial charge is 0.469 e. The molecule has 0 bridgehead atoms. The van der Waals surface area contributed by atoms with Crippen LogP contribution in [0.4, 0.5) is 0 Å². The van der Waals surface area contributed by atoms with Gasteiger partial charge < -0.3 is 13.9 Å². The standard InChI is InChI=1S/C16H23NO4/c1-11-7-14(11)15-4-3-12(21-15)9-17-5-6-20-13(10-17)8-16(18)19-2/h3-4,11,13-14H,5-10H2,1-2H3/t11-,13+,14-/m0/s1. The van der Waals surface area contributed by atoms with E-state index in [9.17, 15) is 4.79 Å². The maximum Gasteiger partial charge on any atom is 0.308 e. The van der Waals surface area contributed by atoms with Gasteiger partial charge in [0.15, 0.2) is 0 Å². The minimum Gasteiger partial charge on any atom is -0.469 e. The van der Waals surface area contributed by atoms with E-state index in [2.05, 4.69) is 24.0 Å². The Morgan fingerprint density at radius 3 is 3.00 bits per heavy atom. The summed E-state index contributed by atoms with van der Waals surface area (Å²) < 4.78 is 16.3. The van der Waals surface area contributed by atoms with Gasteiger partial charge in [0.1, 0.15) is 11.5 Å². The molecule has 0 aromatic carbocycles. The smallest absolute Gasteiger partial charge is 0.308 e. The number of hydrogen-bond donors (Lipinski definition) is 0. The summed E-state index contributed by atoms with van der Waals surface area (Å²) in [6, 6.07) is 4.18. The van der Waals surface area contributed by atoms with E-state index in [1.165, 1.54) is 13.5 Å². The van der Waals surface area contributed by atoms with Crippen molar-refractivity contribution in [2.45, 2.75) is 38.3 Å². The van der Waals surface area contributed by atoms with Gasteiger partial charge in [0.25, 0.3) is 0 Å². The van der Waals surface area contributed by atoms with Crippen LogP contribution in [0.5, 0.6) is 0 Å². The average molecular weight is 293 g/mol. The molecule has 1 aromatic heterocycles. The first-order valence-corrected chi connectivity index (χ1v) is 7.65. The molecule has 0 N–H and O–H groups in total. The lowest BCUT2D eigenvalue weighted by atomic mass is 10.2. The number of hydrogen-bond acceptors (Lipinski definition) is 5. The summed E-state index contributed by atoms with van der Waals surface area (Å²) in [6.45, 7) is 5.29. The quantitative estimate of drug-likeness (QED) is 0.779. The number of methoxy groups -OCH3 is 1. The number of carbonyl (C=O) groups is 1. The van der Waals surface area contributed by atoms with Crippen LogP contribution >= 0.6 is 0 Å². The van der Waals surface area contributed by atoms with Crippen LogP contribution in [0.1, 0.15) is 37.2 Å². The number of esters is 1. The molecule has 1 aliphatic heterocycles. The van der Waals surface area contributed by atoms with Gasteiger partial charge >= 0.3 is 5.97 Å². The van der Waals surface area contributed by atoms with E-state index in [1.54, 1.807) is 0 Å². The van der Waals surface area contributed by atoms with Crippen LogP contribution in [0.2, 0.25) is 0 Å². The molecule has 1 aromatic rings. The number of carbonyl (C=O) groups excluding carboxylic acids is 1. The highest BCUT2D eigenvalue weighted by Crippen LogP contribution is 2.47. The lowest BCUT2D eigenvalue weighted by molar-refractivity contribution is -0.145. The molecule has 1 saturated carbocycles. The lowest BCUT2D eigenvalue weighted by Gasteiger charge is -2.31. The minimum atomic E-state index is -0.218. The first kappa shape index (κ1) is 14.6. The third kappa shape index (κ3) is 3.66. The number of furan rings is 1. The van der Waals surface area contributed by atoms with E-state index >= 15 is 0 Å². The second-order valence-electron chi connectivity index (χ2n) is 6.13. The van der Waals surface area contributed by atoms with Crippen molar-refractivity contribution in [1.82, 2.24) is 4.90 Å². The molecule has 0 radical (unpaired) electrons. The Morgan fingerprint density at radius 2 is 2.29 bits per heavy atom. The molecule has 0 spiro atoms. The molecule has 116 valence electrons. The Labute approximate surface area is 125 Å². The van der Waals surface area contributed by atoms with Crippen LogP contribution in [0.3, 0.4) is 0 Å². The summed E-state index contributed by atoms with van der Waals surface area (Å²) in [5.41, 5.74) is 0. The van der Waals surface area contributed by atoms with E-state index in [0.29, 0.717) is 18.9 Å². The van der Waals surface area contributed by atoms with Crippen molar-refractivity contribution in [3.63, 3.8) is 0 Å². The molecule has 0 unspecified atom stereocenters. The van der Waals surface area contributed by atoms with Crippen LogP contribution in [0.25, 0.3) is 0 Å². The number of morpholine rings is 1. The Morgan fingerprint density at radius 1 is 1.48 bits per heavy atom. The molecule has 2 fully saturated rings. The molecule has 3 rings (SSSR count). The summed E-state index contributed by atoms with van der Waals surface area (Å²) in [5.74, 6) is 3.29. The summed E-state index contributed by atoms with van der Waals surface area (Å²) >= 11 is 0. The third-order valence-electron chi connectivity index (χ3n) is 4.38. The van der Waals surface area contributed by atoms with Crippen molar-refractivity contribution in [3.8, 4) is 0 Å². The normalized spacial score (nSPS) is 29.3. The molecule has 1 aliphatic carbocycles. The van der Waals surface area contributed by atoms with E-state index in [-0.39, 0.29) is 12.1 Å². The fourth-order valence-corrected chi connectivity index (χ4v) is 2.93. The Kier molecular flexibility index (Phi) is 4.31. The molecule has 5 nitrogen and oxygen atoms in total. The molecule has 3 atom stereocenters. The summed E-state index contributed by atoms with van der Waals surface area (Å²) in [5, 5.41) is 0. The van der Waals surface area contributed by atoms with Crippen molar-refractivity contribution in [3.05, 3.63) is 23.7 Å². The Hall–Kier alpha value is -1.33. The van der Waals surface area contributed by atoms with E-state index in [1.807, 2.05) is 0 Å². The van der Waals surface area contributed by atoms with Gasteiger partial charge in [0.2, 0.25) is 0 Å². The van der Waals surface area contributed by atoms with Gasteiger partial charge in [-0.25, -0.2) is 0 Å². The molecule has 1 saturated heterocycles. The zero-order valence-electron chi connectivity index (χ0n) is 12.7. The van der Waals surface area contributed by atoms with Gasteiger partial charge in [-0.05, 0) is 24.5 Å².